The summed E-state index contributed by atoms with van der Waals surface area (Å²) in [5, 5.41) is 10.1. The lowest BCUT2D eigenvalue weighted by Crippen LogP contribution is -2.25. The molecule has 0 spiro atoms. The van der Waals surface area contributed by atoms with Crippen molar-refractivity contribution in [1.82, 2.24) is 0 Å². The Bertz CT molecular complexity index is 392. The summed E-state index contributed by atoms with van der Waals surface area (Å²) in [5.41, 5.74) is 0.919. The lowest BCUT2D eigenvalue weighted by Gasteiger charge is -2.29. The quantitative estimate of drug-likeness (QED) is 0.805. The molecule has 1 aromatic rings. The van der Waals surface area contributed by atoms with Crippen LogP contribution >= 0.6 is 15.9 Å². The Hall–Kier alpha value is -0.540. The Labute approximate surface area is 117 Å². The summed E-state index contributed by atoms with van der Waals surface area (Å²) >= 11 is 3.44. The van der Waals surface area contributed by atoms with Crippen molar-refractivity contribution in [3.05, 3.63) is 28.2 Å². The van der Waals surface area contributed by atoms with E-state index in [1.807, 2.05) is 18.2 Å². The first-order valence-electron chi connectivity index (χ1n) is 6.85. The summed E-state index contributed by atoms with van der Waals surface area (Å²) in [6, 6.07) is 5.85. The summed E-state index contributed by atoms with van der Waals surface area (Å²) in [7, 11) is 0. The van der Waals surface area contributed by atoms with Gasteiger partial charge in [-0.1, -0.05) is 48.2 Å². The Morgan fingerprint density at radius 3 is 2.94 bits per heavy atom. The predicted octanol–water partition coefficient (Wildman–Crippen LogP) is 4.60. The second-order valence-electron chi connectivity index (χ2n) is 5.02. The summed E-state index contributed by atoms with van der Waals surface area (Å²) in [5.74, 6) is 0.837. The Morgan fingerprint density at radius 1 is 1.33 bits per heavy atom. The molecule has 100 valence electrons. The van der Waals surface area contributed by atoms with Crippen LogP contribution in [0.25, 0.3) is 0 Å². The molecule has 2 nitrogen and oxygen atoms in total. The van der Waals surface area contributed by atoms with E-state index in [0.717, 1.165) is 28.6 Å². The maximum Gasteiger partial charge on any atom is 0.126 e. The molecule has 0 aromatic heterocycles. The van der Waals surface area contributed by atoms with Gasteiger partial charge in [-0.3, -0.25) is 0 Å². The molecule has 0 saturated heterocycles. The van der Waals surface area contributed by atoms with Gasteiger partial charge in [-0.05, 0) is 25.0 Å². The van der Waals surface area contributed by atoms with Crippen molar-refractivity contribution in [2.45, 2.75) is 57.7 Å². The van der Waals surface area contributed by atoms with E-state index >= 15 is 0 Å². The van der Waals surface area contributed by atoms with E-state index in [9.17, 15) is 5.11 Å². The number of ether oxygens (including phenoxy) is 1. The van der Waals surface area contributed by atoms with Gasteiger partial charge >= 0.3 is 0 Å². The van der Waals surface area contributed by atoms with Crippen LogP contribution in [-0.4, -0.2) is 11.2 Å². The average molecular weight is 313 g/mol. The SMILES string of the molecule is CCCCCCC1C[C@H](O)c2ccc(Br)cc2O1. The monoisotopic (exact) mass is 312 g/mol. The average Bonchev–Trinajstić information content (AvgIpc) is 2.34. The van der Waals surface area contributed by atoms with Crippen LogP contribution in [0, 0.1) is 0 Å². The minimum atomic E-state index is -0.377. The molecule has 3 heteroatoms. The molecule has 1 aliphatic heterocycles. The zero-order valence-corrected chi connectivity index (χ0v) is 12.4. The zero-order valence-electron chi connectivity index (χ0n) is 10.9. The molecule has 1 aromatic carbocycles. The predicted molar refractivity (Wildman–Crippen MR) is 76.9 cm³/mol. The molecule has 2 rings (SSSR count). The van der Waals surface area contributed by atoms with E-state index in [1.165, 1.54) is 25.7 Å². The summed E-state index contributed by atoms with van der Waals surface area (Å²) in [6.07, 6.45) is 6.55. The maximum atomic E-state index is 10.1. The smallest absolute Gasteiger partial charge is 0.126 e. The first-order chi connectivity index (χ1) is 8.70. The van der Waals surface area contributed by atoms with Crippen LogP contribution in [0.3, 0.4) is 0 Å². The molecule has 1 aliphatic rings. The second kappa shape index (κ2) is 6.58. The molecule has 0 bridgehead atoms. The van der Waals surface area contributed by atoms with Gasteiger partial charge in [0, 0.05) is 16.5 Å². The highest BCUT2D eigenvalue weighted by Crippen LogP contribution is 2.37. The van der Waals surface area contributed by atoms with E-state index in [4.69, 9.17) is 4.74 Å². The number of unbranched alkanes of at least 4 members (excludes halogenated alkanes) is 3. The fraction of sp³-hybridized carbons (Fsp3) is 0.600. The van der Waals surface area contributed by atoms with Gasteiger partial charge in [0.2, 0.25) is 0 Å². The van der Waals surface area contributed by atoms with E-state index in [0.29, 0.717) is 0 Å². The molecule has 0 aliphatic carbocycles. The van der Waals surface area contributed by atoms with Gasteiger partial charge < -0.3 is 9.84 Å². The van der Waals surface area contributed by atoms with Crippen LogP contribution in [0.2, 0.25) is 0 Å². The third-order valence-corrected chi connectivity index (χ3v) is 3.99. The van der Waals surface area contributed by atoms with E-state index in [1.54, 1.807) is 0 Å². The van der Waals surface area contributed by atoms with Crippen LogP contribution in [0.5, 0.6) is 5.75 Å². The van der Waals surface area contributed by atoms with Crippen molar-refractivity contribution in [1.29, 1.82) is 0 Å². The molecule has 1 heterocycles. The highest BCUT2D eigenvalue weighted by molar-refractivity contribution is 9.10. The van der Waals surface area contributed by atoms with E-state index < -0.39 is 0 Å². The molecule has 0 radical (unpaired) electrons. The molecular weight excluding hydrogens is 292 g/mol. The molecule has 0 fully saturated rings. The first-order valence-corrected chi connectivity index (χ1v) is 7.64. The van der Waals surface area contributed by atoms with Crippen molar-refractivity contribution in [3.8, 4) is 5.75 Å². The van der Waals surface area contributed by atoms with Crippen LogP contribution in [-0.2, 0) is 0 Å². The van der Waals surface area contributed by atoms with E-state index in [-0.39, 0.29) is 12.2 Å². The molecule has 1 N–H and O–H groups in total. The van der Waals surface area contributed by atoms with Crippen molar-refractivity contribution in [2.24, 2.45) is 0 Å². The summed E-state index contributed by atoms with van der Waals surface area (Å²) in [4.78, 5) is 0. The lowest BCUT2D eigenvalue weighted by molar-refractivity contribution is 0.0604. The molecule has 18 heavy (non-hydrogen) atoms. The minimum Gasteiger partial charge on any atom is -0.490 e. The Balaban J connectivity index is 1.94. The summed E-state index contributed by atoms with van der Waals surface area (Å²) < 4.78 is 6.97. The normalized spacial score (nSPS) is 22.4. The second-order valence-corrected chi connectivity index (χ2v) is 5.94. The van der Waals surface area contributed by atoms with Gasteiger partial charge in [0.25, 0.3) is 0 Å². The fourth-order valence-electron chi connectivity index (χ4n) is 2.46. The number of hydrogen-bond donors (Lipinski definition) is 1. The maximum absolute atomic E-state index is 10.1. The lowest BCUT2D eigenvalue weighted by atomic mass is 9.96. The highest BCUT2D eigenvalue weighted by Gasteiger charge is 2.26. The van der Waals surface area contributed by atoms with Crippen molar-refractivity contribution in [3.63, 3.8) is 0 Å². The number of halogens is 1. The van der Waals surface area contributed by atoms with Gasteiger partial charge in [0.15, 0.2) is 0 Å². The minimum absolute atomic E-state index is 0.165. The van der Waals surface area contributed by atoms with Crippen LogP contribution < -0.4 is 4.74 Å². The van der Waals surface area contributed by atoms with Crippen LogP contribution in [0.15, 0.2) is 22.7 Å². The third kappa shape index (κ3) is 3.48. The van der Waals surface area contributed by atoms with Gasteiger partial charge in [-0.2, -0.15) is 0 Å². The number of benzene rings is 1. The number of fused-ring (bicyclic) bond motifs is 1. The Kier molecular flexibility index (Phi) is 5.07. The van der Waals surface area contributed by atoms with Crippen molar-refractivity contribution >= 4 is 15.9 Å². The molecule has 1 unspecified atom stereocenters. The molecule has 0 amide bonds. The highest BCUT2D eigenvalue weighted by atomic mass is 79.9. The van der Waals surface area contributed by atoms with Crippen molar-refractivity contribution in [2.75, 3.05) is 0 Å². The van der Waals surface area contributed by atoms with Crippen molar-refractivity contribution < 1.29 is 9.84 Å². The van der Waals surface area contributed by atoms with Crippen LogP contribution in [0.1, 0.15) is 57.1 Å². The number of aliphatic hydroxyl groups excluding tert-OH is 1. The fourth-order valence-corrected chi connectivity index (χ4v) is 2.80. The largest absolute Gasteiger partial charge is 0.490 e. The van der Waals surface area contributed by atoms with Crippen LogP contribution in [0.4, 0.5) is 0 Å². The zero-order chi connectivity index (χ0) is 13.0. The first kappa shape index (κ1) is 13.9. The topological polar surface area (TPSA) is 29.5 Å². The summed E-state index contributed by atoms with van der Waals surface area (Å²) in [6.45, 7) is 2.22. The molecule has 0 saturated carbocycles. The van der Waals surface area contributed by atoms with Gasteiger partial charge in [-0.15, -0.1) is 0 Å². The molecular formula is C15H21BrO2. The van der Waals surface area contributed by atoms with E-state index in [2.05, 4.69) is 22.9 Å². The number of aliphatic hydroxyl groups is 1. The van der Waals surface area contributed by atoms with Gasteiger partial charge in [0.05, 0.1) is 6.10 Å². The third-order valence-electron chi connectivity index (χ3n) is 3.49. The molecule has 2 atom stereocenters. The van der Waals surface area contributed by atoms with Gasteiger partial charge in [0.1, 0.15) is 11.9 Å². The number of hydrogen-bond acceptors (Lipinski definition) is 2. The van der Waals surface area contributed by atoms with Gasteiger partial charge in [-0.25, -0.2) is 0 Å². The Morgan fingerprint density at radius 2 is 2.17 bits per heavy atom. The standard InChI is InChI=1S/C15H21BrO2/c1-2-3-4-5-6-12-10-14(17)13-8-7-11(16)9-15(13)18-12/h7-9,12,14,17H,2-6,10H2,1H3/t12?,14-/m0/s1. The number of rotatable bonds is 5.